The van der Waals surface area contributed by atoms with Crippen molar-refractivity contribution < 1.29 is 9.84 Å². The van der Waals surface area contributed by atoms with Gasteiger partial charge in [0.2, 0.25) is 0 Å². The van der Waals surface area contributed by atoms with Gasteiger partial charge < -0.3 is 15.6 Å². The molecule has 0 spiro atoms. The Hall–Kier alpha value is -1.17. The largest absolute Gasteiger partial charge is 0.391 e. The van der Waals surface area contributed by atoms with E-state index in [4.69, 9.17) is 10.5 Å². The highest BCUT2D eigenvalue weighted by Gasteiger charge is 2.38. The quantitative estimate of drug-likeness (QED) is 0.843. The van der Waals surface area contributed by atoms with Gasteiger partial charge in [0.1, 0.15) is 5.82 Å². The second kappa shape index (κ2) is 6.52. The number of hydrogen-bond donors (Lipinski definition) is 2. The molecule has 0 saturated carbocycles. The van der Waals surface area contributed by atoms with Crippen molar-refractivity contribution in [2.24, 2.45) is 0 Å². The Kier molecular flexibility index (Phi) is 4.96. The third-order valence-corrected chi connectivity index (χ3v) is 4.51. The number of aliphatic hydroxyl groups is 1. The molecule has 0 bridgehead atoms. The molecule has 112 valence electrons. The number of hydrogen-bond acceptors (Lipinski definition) is 5. The number of nitrogen functional groups attached to an aromatic ring is 1. The van der Waals surface area contributed by atoms with Gasteiger partial charge in [-0.1, -0.05) is 13.0 Å². The van der Waals surface area contributed by atoms with Crippen LogP contribution in [0.5, 0.6) is 0 Å². The first-order valence-corrected chi connectivity index (χ1v) is 7.28. The predicted octanol–water partition coefficient (Wildman–Crippen LogP) is 1.07. The Balaban J connectivity index is 2.11. The fraction of sp³-hybridized carbons (Fsp3) is 0.667. The molecule has 2 unspecified atom stereocenters. The van der Waals surface area contributed by atoms with E-state index < -0.39 is 6.10 Å². The SMILES string of the molecule is CCC(C)(C(O)Cc1cccnc1N)N1CCOCC1. The van der Waals surface area contributed by atoms with Crippen LogP contribution in [0.25, 0.3) is 0 Å². The van der Waals surface area contributed by atoms with Crippen LogP contribution in [-0.2, 0) is 11.2 Å². The molecule has 0 aliphatic carbocycles. The van der Waals surface area contributed by atoms with Crippen molar-refractivity contribution in [2.45, 2.75) is 38.3 Å². The van der Waals surface area contributed by atoms with Crippen molar-refractivity contribution in [3.63, 3.8) is 0 Å². The van der Waals surface area contributed by atoms with Crippen molar-refractivity contribution in [1.29, 1.82) is 0 Å². The van der Waals surface area contributed by atoms with Crippen LogP contribution in [0.1, 0.15) is 25.8 Å². The fourth-order valence-corrected chi connectivity index (χ4v) is 2.80. The Morgan fingerprint density at radius 1 is 1.50 bits per heavy atom. The summed E-state index contributed by atoms with van der Waals surface area (Å²) in [6.07, 6.45) is 2.61. The van der Waals surface area contributed by atoms with Gasteiger partial charge in [0.05, 0.1) is 19.3 Å². The van der Waals surface area contributed by atoms with E-state index in [-0.39, 0.29) is 5.54 Å². The first kappa shape index (κ1) is 15.2. The summed E-state index contributed by atoms with van der Waals surface area (Å²) in [6.45, 7) is 7.43. The van der Waals surface area contributed by atoms with Crippen LogP contribution in [-0.4, -0.2) is 52.9 Å². The zero-order chi connectivity index (χ0) is 14.6. The first-order chi connectivity index (χ1) is 9.58. The lowest BCUT2D eigenvalue weighted by Crippen LogP contribution is -2.58. The Labute approximate surface area is 120 Å². The molecule has 2 rings (SSSR count). The summed E-state index contributed by atoms with van der Waals surface area (Å²) in [5.74, 6) is 0.506. The molecule has 1 aliphatic heterocycles. The van der Waals surface area contributed by atoms with Crippen LogP contribution in [0.2, 0.25) is 0 Å². The average molecular weight is 279 g/mol. The monoisotopic (exact) mass is 279 g/mol. The van der Waals surface area contributed by atoms with Crippen LogP contribution in [0.4, 0.5) is 5.82 Å². The highest BCUT2D eigenvalue weighted by atomic mass is 16.5. The van der Waals surface area contributed by atoms with E-state index in [1.165, 1.54) is 0 Å². The number of nitrogens with zero attached hydrogens (tertiary/aromatic N) is 2. The number of rotatable bonds is 5. The van der Waals surface area contributed by atoms with Gasteiger partial charge in [0.25, 0.3) is 0 Å². The summed E-state index contributed by atoms with van der Waals surface area (Å²) in [7, 11) is 0. The van der Waals surface area contributed by atoms with Gasteiger partial charge in [0, 0.05) is 31.2 Å². The molecule has 1 aromatic heterocycles. The van der Waals surface area contributed by atoms with Crippen molar-refractivity contribution in [3.8, 4) is 0 Å². The molecule has 1 aliphatic rings. The standard InChI is InChI=1S/C15H25N3O2/c1-3-15(2,18-7-9-20-10-8-18)13(19)11-12-5-4-6-17-14(12)16/h4-6,13,19H,3,7-11H2,1-2H3,(H2,16,17). The number of pyridine rings is 1. The van der Waals surface area contributed by atoms with E-state index in [9.17, 15) is 5.11 Å². The van der Waals surface area contributed by atoms with Crippen LogP contribution < -0.4 is 5.73 Å². The van der Waals surface area contributed by atoms with E-state index in [1.807, 2.05) is 12.1 Å². The van der Waals surface area contributed by atoms with Crippen LogP contribution >= 0.6 is 0 Å². The van der Waals surface area contributed by atoms with Gasteiger partial charge in [-0.25, -0.2) is 4.98 Å². The number of anilines is 1. The lowest BCUT2D eigenvalue weighted by molar-refractivity contribution is -0.0714. The fourth-order valence-electron chi connectivity index (χ4n) is 2.80. The number of aliphatic hydroxyl groups excluding tert-OH is 1. The Morgan fingerprint density at radius 3 is 2.80 bits per heavy atom. The maximum atomic E-state index is 10.7. The number of aromatic nitrogens is 1. The molecule has 1 saturated heterocycles. The molecule has 0 radical (unpaired) electrons. The lowest BCUT2D eigenvalue weighted by Gasteiger charge is -2.46. The van der Waals surface area contributed by atoms with Gasteiger partial charge in [0.15, 0.2) is 0 Å². The van der Waals surface area contributed by atoms with Crippen LogP contribution in [0.15, 0.2) is 18.3 Å². The highest BCUT2D eigenvalue weighted by Crippen LogP contribution is 2.27. The van der Waals surface area contributed by atoms with Crippen molar-refractivity contribution >= 4 is 5.82 Å². The summed E-state index contributed by atoms with van der Waals surface area (Å²) in [6, 6.07) is 3.79. The molecule has 2 heterocycles. The topological polar surface area (TPSA) is 71.6 Å². The molecule has 0 aromatic carbocycles. The average Bonchev–Trinajstić information content (AvgIpc) is 2.49. The van der Waals surface area contributed by atoms with E-state index in [1.54, 1.807) is 6.20 Å². The van der Waals surface area contributed by atoms with Crippen LogP contribution in [0.3, 0.4) is 0 Å². The Morgan fingerprint density at radius 2 is 2.20 bits per heavy atom. The third-order valence-electron chi connectivity index (χ3n) is 4.51. The van der Waals surface area contributed by atoms with E-state index >= 15 is 0 Å². The third kappa shape index (κ3) is 3.11. The summed E-state index contributed by atoms with van der Waals surface area (Å²) in [5.41, 5.74) is 6.53. The van der Waals surface area contributed by atoms with Gasteiger partial charge in [-0.05, 0) is 25.0 Å². The second-order valence-electron chi connectivity index (χ2n) is 5.58. The number of nitrogens with two attached hydrogens (primary N) is 1. The molecule has 5 nitrogen and oxygen atoms in total. The van der Waals surface area contributed by atoms with Gasteiger partial charge in [-0.2, -0.15) is 0 Å². The van der Waals surface area contributed by atoms with Gasteiger partial charge in [-0.15, -0.1) is 0 Å². The molecule has 2 atom stereocenters. The lowest BCUT2D eigenvalue weighted by atomic mass is 9.85. The molecule has 0 amide bonds. The second-order valence-corrected chi connectivity index (χ2v) is 5.58. The molecule has 5 heteroatoms. The number of ether oxygens (including phenoxy) is 1. The molecular formula is C15H25N3O2. The normalized spacial score (nSPS) is 21.4. The van der Waals surface area contributed by atoms with Crippen molar-refractivity contribution in [3.05, 3.63) is 23.9 Å². The minimum absolute atomic E-state index is 0.258. The van der Waals surface area contributed by atoms with E-state index in [0.717, 1.165) is 38.3 Å². The number of morpholine rings is 1. The molecule has 1 fully saturated rings. The highest BCUT2D eigenvalue weighted by molar-refractivity contribution is 5.39. The van der Waals surface area contributed by atoms with Crippen molar-refractivity contribution in [1.82, 2.24) is 9.88 Å². The predicted molar refractivity (Wildman–Crippen MR) is 79.4 cm³/mol. The van der Waals surface area contributed by atoms with Gasteiger partial charge >= 0.3 is 0 Å². The first-order valence-electron chi connectivity index (χ1n) is 7.28. The maximum Gasteiger partial charge on any atom is 0.126 e. The minimum Gasteiger partial charge on any atom is -0.391 e. The maximum absolute atomic E-state index is 10.7. The summed E-state index contributed by atoms with van der Waals surface area (Å²) >= 11 is 0. The summed E-state index contributed by atoms with van der Waals surface area (Å²) in [5, 5.41) is 10.7. The minimum atomic E-state index is -0.475. The zero-order valence-corrected chi connectivity index (χ0v) is 12.4. The zero-order valence-electron chi connectivity index (χ0n) is 12.4. The molecular weight excluding hydrogens is 254 g/mol. The van der Waals surface area contributed by atoms with Crippen LogP contribution in [0, 0.1) is 0 Å². The summed E-state index contributed by atoms with van der Waals surface area (Å²) in [4.78, 5) is 6.41. The molecule has 20 heavy (non-hydrogen) atoms. The van der Waals surface area contributed by atoms with Gasteiger partial charge in [-0.3, -0.25) is 4.90 Å². The molecule has 3 N–H and O–H groups in total. The van der Waals surface area contributed by atoms with E-state index in [0.29, 0.717) is 12.2 Å². The smallest absolute Gasteiger partial charge is 0.126 e. The Bertz CT molecular complexity index is 435. The molecule has 1 aromatic rings. The summed E-state index contributed by atoms with van der Waals surface area (Å²) < 4.78 is 5.40. The van der Waals surface area contributed by atoms with E-state index in [2.05, 4.69) is 23.7 Å². The van der Waals surface area contributed by atoms with Crippen molar-refractivity contribution in [2.75, 3.05) is 32.0 Å².